The van der Waals surface area contributed by atoms with Crippen LogP contribution in [0, 0.1) is 0 Å². The molecule has 21 heavy (non-hydrogen) atoms. The minimum Gasteiger partial charge on any atom is -0.333 e. The molecule has 2 amide bonds. The topological polar surface area (TPSA) is 66.6 Å². The van der Waals surface area contributed by atoms with Crippen molar-refractivity contribution in [1.82, 2.24) is 9.80 Å². The average Bonchev–Trinajstić information content (AvgIpc) is 2.45. The van der Waals surface area contributed by atoms with E-state index in [-0.39, 0.29) is 6.04 Å². The molecule has 2 rings (SSSR count). The zero-order valence-corrected chi connectivity index (χ0v) is 13.0. The van der Waals surface area contributed by atoms with E-state index >= 15 is 0 Å². The molecule has 0 aliphatic carbocycles. The van der Waals surface area contributed by atoms with Crippen molar-refractivity contribution in [2.75, 3.05) is 19.6 Å². The van der Waals surface area contributed by atoms with Gasteiger partial charge >= 0.3 is 11.8 Å². The first kappa shape index (κ1) is 15.8. The third kappa shape index (κ3) is 3.04. The summed E-state index contributed by atoms with van der Waals surface area (Å²) >= 11 is 6.23. The summed E-state index contributed by atoms with van der Waals surface area (Å²) in [5, 5.41) is 0.554. The summed E-state index contributed by atoms with van der Waals surface area (Å²) in [6.45, 7) is 5.20. The highest BCUT2D eigenvalue weighted by Crippen LogP contribution is 2.30. The molecule has 2 N–H and O–H groups in total. The number of carbonyl (C=O) groups excluding carboxylic acids is 2. The lowest BCUT2D eigenvalue weighted by molar-refractivity contribution is -0.158. The molecule has 1 heterocycles. The summed E-state index contributed by atoms with van der Waals surface area (Å²) in [6, 6.07) is 6.57. The SMILES string of the molecule is CCN1CCN(C(c2ccccc2Cl)C(C)N)C(=O)C1=O. The molecule has 6 heteroatoms. The van der Waals surface area contributed by atoms with Crippen LogP contribution in [0.1, 0.15) is 25.5 Å². The van der Waals surface area contributed by atoms with Crippen LogP contribution in [0.2, 0.25) is 5.02 Å². The molecular weight excluding hydrogens is 290 g/mol. The number of rotatable bonds is 4. The molecule has 0 bridgehead atoms. The van der Waals surface area contributed by atoms with E-state index in [9.17, 15) is 9.59 Å². The van der Waals surface area contributed by atoms with Crippen LogP contribution in [-0.2, 0) is 9.59 Å². The van der Waals surface area contributed by atoms with Crippen LogP contribution < -0.4 is 5.73 Å². The van der Waals surface area contributed by atoms with E-state index in [1.165, 1.54) is 0 Å². The first-order valence-corrected chi connectivity index (χ1v) is 7.45. The Morgan fingerprint density at radius 1 is 1.24 bits per heavy atom. The van der Waals surface area contributed by atoms with Crippen LogP contribution in [0.3, 0.4) is 0 Å². The van der Waals surface area contributed by atoms with Gasteiger partial charge in [-0.15, -0.1) is 0 Å². The molecule has 5 nitrogen and oxygen atoms in total. The van der Waals surface area contributed by atoms with E-state index in [1.54, 1.807) is 15.9 Å². The van der Waals surface area contributed by atoms with Gasteiger partial charge in [0.05, 0.1) is 6.04 Å². The second kappa shape index (κ2) is 6.45. The van der Waals surface area contributed by atoms with Crippen molar-refractivity contribution in [1.29, 1.82) is 0 Å². The maximum Gasteiger partial charge on any atom is 0.312 e. The monoisotopic (exact) mass is 309 g/mol. The Morgan fingerprint density at radius 3 is 2.48 bits per heavy atom. The Kier molecular flexibility index (Phi) is 4.85. The van der Waals surface area contributed by atoms with Gasteiger partial charge in [0.15, 0.2) is 0 Å². The number of carbonyl (C=O) groups is 2. The highest BCUT2D eigenvalue weighted by Gasteiger charge is 2.38. The van der Waals surface area contributed by atoms with Crippen molar-refractivity contribution in [2.45, 2.75) is 25.9 Å². The molecule has 1 aromatic carbocycles. The third-order valence-corrected chi connectivity index (χ3v) is 4.13. The maximum atomic E-state index is 12.4. The zero-order valence-electron chi connectivity index (χ0n) is 12.3. The molecule has 1 aliphatic rings. The zero-order chi connectivity index (χ0) is 15.6. The molecule has 1 saturated heterocycles. The molecule has 0 spiro atoms. The summed E-state index contributed by atoms with van der Waals surface area (Å²) in [6.07, 6.45) is 0. The molecule has 2 atom stereocenters. The number of piperazine rings is 1. The van der Waals surface area contributed by atoms with E-state index < -0.39 is 17.9 Å². The number of hydrogen-bond donors (Lipinski definition) is 1. The predicted octanol–water partition coefficient (Wildman–Crippen LogP) is 1.42. The molecule has 0 saturated carbocycles. The fraction of sp³-hybridized carbons (Fsp3) is 0.467. The van der Waals surface area contributed by atoms with Gasteiger partial charge in [-0.2, -0.15) is 0 Å². The van der Waals surface area contributed by atoms with Crippen molar-refractivity contribution in [3.05, 3.63) is 34.9 Å². The number of nitrogens with zero attached hydrogens (tertiary/aromatic N) is 2. The summed E-state index contributed by atoms with van der Waals surface area (Å²) in [5.74, 6) is -0.980. The minimum atomic E-state index is -0.509. The van der Waals surface area contributed by atoms with E-state index in [0.717, 1.165) is 5.56 Å². The Labute approximate surface area is 129 Å². The fourth-order valence-electron chi connectivity index (χ4n) is 2.71. The molecule has 1 aromatic rings. The van der Waals surface area contributed by atoms with Gasteiger partial charge in [-0.1, -0.05) is 29.8 Å². The third-order valence-electron chi connectivity index (χ3n) is 3.78. The first-order chi connectivity index (χ1) is 9.97. The lowest BCUT2D eigenvalue weighted by Crippen LogP contribution is -2.57. The van der Waals surface area contributed by atoms with Gasteiger partial charge in [-0.3, -0.25) is 9.59 Å². The molecule has 114 valence electrons. The summed E-state index contributed by atoms with van der Waals surface area (Å²) in [5.41, 5.74) is 6.84. The summed E-state index contributed by atoms with van der Waals surface area (Å²) in [7, 11) is 0. The van der Waals surface area contributed by atoms with Crippen LogP contribution in [0.4, 0.5) is 0 Å². The highest BCUT2D eigenvalue weighted by atomic mass is 35.5. The maximum absolute atomic E-state index is 12.4. The second-order valence-electron chi connectivity index (χ2n) is 5.21. The molecule has 2 unspecified atom stereocenters. The Bertz CT molecular complexity index is 547. The Balaban J connectivity index is 2.34. The lowest BCUT2D eigenvalue weighted by atomic mass is 9.98. The predicted molar refractivity (Wildman–Crippen MR) is 81.8 cm³/mol. The Hall–Kier alpha value is -1.59. The van der Waals surface area contributed by atoms with Crippen molar-refractivity contribution in [3.63, 3.8) is 0 Å². The van der Waals surface area contributed by atoms with Crippen LogP contribution in [-0.4, -0.2) is 47.3 Å². The second-order valence-corrected chi connectivity index (χ2v) is 5.62. The van der Waals surface area contributed by atoms with Gasteiger partial charge in [0.25, 0.3) is 0 Å². The standard InChI is InChI=1S/C15H20ClN3O2/c1-3-18-8-9-19(15(21)14(18)20)13(10(2)17)11-6-4-5-7-12(11)16/h4-7,10,13H,3,8-9,17H2,1-2H3. The van der Waals surface area contributed by atoms with E-state index in [1.807, 2.05) is 32.0 Å². The van der Waals surface area contributed by atoms with Gasteiger partial charge < -0.3 is 15.5 Å². The Morgan fingerprint density at radius 2 is 1.90 bits per heavy atom. The number of likely N-dealkylation sites (N-methyl/N-ethyl adjacent to an activating group) is 1. The first-order valence-electron chi connectivity index (χ1n) is 7.07. The van der Waals surface area contributed by atoms with Crippen LogP contribution in [0.25, 0.3) is 0 Å². The van der Waals surface area contributed by atoms with E-state index in [4.69, 9.17) is 17.3 Å². The molecule has 0 radical (unpaired) electrons. The average molecular weight is 310 g/mol. The molecular formula is C15H20ClN3O2. The minimum absolute atomic E-state index is 0.324. The summed E-state index contributed by atoms with van der Waals surface area (Å²) < 4.78 is 0. The van der Waals surface area contributed by atoms with Crippen molar-refractivity contribution in [3.8, 4) is 0 Å². The van der Waals surface area contributed by atoms with Crippen LogP contribution in [0.5, 0.6) is 0 Å². The fourth-order valence-corrected chi connectivity index (χ4v) is 2.95. The largest absolute Gasteiger partial charge is 0.333 e. The van der Waals surface area contributed by atoms with Gasteiger partial charge in [-0.05, 0) is 25.5 Å². The van der Waals surface area contributed by atoms with Crippen molar-refractivity contribution < 1.29 is 9.59 Å². The number of benzene rings is 1. The number of halogens is 1. The molecule has 1 fully saturated rings. The van der Waals surface area contributed by atoms with E-state index in [0.29, 0.717) is 24.7 Å². The van der Waals surface area contributed by atoms with Gasteiger partial charge in [0.2, 0.25) is 0 Å². The lowest BCUT2D eigenvalue weighted by Gasteiger charge is -2.40. The van der Waals surface area contributed by atoms with Crippen LogP contribution >= 0.6 is 11.6 Å². The molecule has 1 aliphatic heterocycles. The van der Waals surface area contributed by atoms with Gasteiger partial charge in [-0.25, -0.2) is 0 Å². The number of hydrogen-bond acceptors (Lipinski definition) is 3. The number of amides is 2. The van der Waals surface area contributed by atoms with Crippen LogP contribution in [0.15, 0.2) is 24.3 Å². The van der Waals surface area contributed by atoms with Gasteiger partial charge in [0, 0.05) is 30.7 Å². The molecule has 0 aromatic heterocycles. The van der Waals surface area contributed by atoms with E-state index in [2.05, 4.69) is 0 Å². The normalized spacial score (nSPS) is 18.9. The smallest absolute Gasteiger partial charge is 0.312 e. The van der Waals surface area contributed by atoms with Gasteiger partial charge in [0.1, 0.15) is 0 Å². The highest BCUT2D eigenvalue weighted by molar-refractivity contribution is 6.35. The summed E-state index contributed by atoms with van der Waals surface area (Å²) in [4.78, 5) is 27.5. The number of nitrogens with two attached hydrogens (primary N) is 1. The van der Waals surface area contributed by atoms with Crippen molar-refractivity contribution >= 4 is 23.4 Å². The quantitative estimate of drug-likeness (QED) is 0.855. The van der Waals surface area contributed by atoms with Crippen molar-refractivity contribution in [2.24, 2.45) is 5.73 Å².